The lowest BCUT2D eigenvalue weighted by atomic mass is 9.84. The van der Waals surface area contributed by atoms with Gasteiger partial charge in [0, 0.05) is 12.6 Å². The molecular weight excluding hydrogens is 188 g/mol. The zero-order valence-electron chi connectivity index (χ0n) is 10.2. The quantitative estimate of drug-likeness (QED) is 0.659. The van der Waals surface area contributed by atoms with E-state index in [1.54, 1.807) is 0 Å². The Bertz CT molecular complexity index is 162. The van der Waals surface area contributed by atoms with Crippen molar-refractivity contribution in [2.45, 2.75) is 51.7 Å². The second-order valence-corrected chi connectivity index (χ2v) is 4.76. The third-order valence-electron chi connectivity index (χ3n) is 3.17. The largest absolute Gasteiger partial charge is 0.377 e. The van der Waals surface area contributed by atoms with E-state index in [-0.39, 0.29) is 0 Å². The Hall–Kier alpha value is -0.120. The standard InChI is InChI=1S/C12H26N2O/c1-10(2)15-8-7-14-12-6-4-3-5-11(12)9-13/h10-12,14H,3-9,13H2,1-2H3. The van der Waals surface area contributed by atoms with Gasteiger partial charge in [-0.25, -0.2) is 0 Å². The molecule has 3 nitrogen and oxygen atoms in total. The second-order valence-electron chi connectivity index (χ2n) is 4.76. The summed E-state index contributed by atoms with van der Waals surface area (Å²) in [5.41, 5.74) is 5.77. The average molecular weight is 214 g/mol. The Morgan fingerprint density at radius 3 is 2.73 bits per heavy atom. The van der Waals surface area contributed by atoms with Crippen LogP contribution in [-0.4, -0.2) is 31.8 Å². The van der Waals surface area contributed by atoms with Gasteiger partial charge in [0.05, 0.1) is 12.7 Å². The third kappa shape index (κ3) is 4.96. The van der Waals surface area contributed by atoms with Gasteiger partial charge in [-0.2, -0.15) is 0 Å². The van der Waals surface area contributed by atoms with E-state index in [0.717, 1.165) is 19.7 Å². The Balaban J connectivity index is 2.12. The molecule has 0 saturated heterocycles. The average Bonchev–Trinajstić information content (AvgIpc) is 2.24. The highest BCUT2D eigenvalue weighted by Crippen LogP contribution is 2.23. The fourth-order valence-electron chi connectivity index (χ4n) is 2.30. The fourth-order valence-corrected chi connectivity index (χ4v) is 2.30. The van der Waals surface area contributed by atoms with Crippen LogP contribution in [0.1, 0.15) is 39.5 Å². The Kier molecular flexibility index (Phi) is 6.22. The highest BCUT2D eigenvalue weighted by molar-refractivity contribution is 4.81. The summed E-state index contributed by atoms with van der Waals surface area (Å²) in [6.07, 6.45) is 5.60. The lowest BCUT2D eigenvalue weighted by Gasteiger charge is -2.31. The van der Waals surface area contributed by atoms with Gasteiger partial charge >= 0.3 is 0 Å². The first kappa shape index (κ1) is 12.9. The molecule has 1 aliphatic rings. The summed E-state index contributed by atoms with van der Waals surface area (Å²) in [5.74, 6) is 0.679. The predicted octanol–water partition coefficient (Wildman–Crippen LogP) is 1.52. The van der Waals surface area contributed by atoms with Gasteiger partial charge in [0.2, 0.25) is 0 Å². The first-order chi connectivity index (χ1) is 7.24. The molecule has 2 unspecified atom stereocenters. The monoisotopic (exact) mass is 214 g/mol. The molecule has 0 aromatic rings. The van der Waals surface area contributed by atoms with Crippen LogP contribution < -0.4 is 11.1 Å². The van der Waals surface area contributed by atoms with Crippen LogP contribution in [0.3, 0.4) is 0 Å². The second kappa shape index (κ2) is 7.20. The minimum atomic E-state index is 0.337. The van der Waals surface area contributed by atoms with Gasteiger partial charge in [-0.1, -0.05) is 12.8 Å². The molecule has 3 N–H and O–H groups in total. The topological polar surface area (TPSA) is 47.3 Å². The molecule has 1 fully saturated rings. The zero-order chi connectivity index (χ0) is 11.1. The van der Waals surface area contributed by atoms with Gasteiger partial charge in [0.1, 0.15) is 0 Å². The molecule has 0 spiro atoms. The van der Waals surface area contributed by atoms with Gasteiger partial charge in [-0.05, 0) is 39.2 Å². The number of nitrogens with two attached hydrogens (primary N) is 1. The van der Waals surface area contributed by atoms with E-state index in [9.17, 15) is 0 Å². The van der Waals surface area contributed by atoms with Crippen molar-refractivity contribution < 1.29 is 4.74 Å². The molecule has 0 bridgehead atoms. The molecule has 15 heavy (non-hydrogen) atoms. The Morgan fingerprint density at radius 2 is 2.07 bits per heavy atom. The molecule has 1 saturated carbocycles. The lowest BCUT2D eigenvalue weighted by molar-refractivity contribution is 0.0767. The van der Waals surface area contributed by atoms with Gasteiger partial charge < -0.3 is 15.8 Å². The van der Waals surface area contributed by atoms with E-state index in [1.807, 2.05) is 0 Å². The minimum Gasteiger partial charge on any atom is -0.377 e. The van der Waals surface area contributed by atoms with Crippen LogP contribution in [0, 0.1) is 5.92 Å². The van der Waals surface area contributed by atoms with E-state index in [0.29, 0.717) is 18.1 Å². The van der Waals surface area contributed by atoms with Gasteiger partial charge in [0.15, 0.2) is 0 Å². The minimum absolute atomic E-state index is 0.337. The highest BCUT2D eigenvalue weighted by Gasteiger charge is 2.22. The van der Waals surface area contributed by atoms with Crippen LogP contribution in [0.5, 0.6) is 0 Å². The molecule has 1 rings (SSSR count). The van der Waals surface area contributed by atoms with Crippen molar-refractivity contribution in [2.75, 3.05) is 19.7 Å². The number of rotatable bonds is 6. The van der Waals surface area contributed by atoms with Crippen molar-refractivity contribution in [3.8, 4) is 0 Å². The highest BCUT2D eigenvalue weighted by atomic mass is 16.5. The Labute approximate surface area is 93.8 Å². The predicted molar refractivity (Wildman–Crippen MR) is 63.9 cm³/mol. The van der Waals surface area contributed by atoms with Gasteiger partial charge in [-0.3, -0.25) is 0 Å². The van der Waals surface area contributed by atoms with Crippen LogP contribution in [-0.2, 0) is 4.74 Å². The number of hydrogen-bond donors (Lipinski definition) is 2. The summed E-state index contributed by atoms with van der Waals surface area (Å²) in [4.78, 5) is 0. The summed E-state index contributed by atoms with van der Waals surface area (Å²) in [5, 5.41) is 3.57. The fraction of sp³-hybridized carbons (Fsp3) is 1.00. The maximum Gasteiger partial charge on any atom is 0.0594 e. The van der Waals surface area contributed by atoms with Crippen molar-refractivity contribution in [1.82, 2.24) is 5.32 Å². The van der Waals surface area contributed by atoms with Crippen LogP contribution in [0.4, 0.5) is 0 Å². The lowest BCUT2D eigenvalue weighted by Crippen LogP contribution is -2.43. The third-order valence-corrected chi connectivity index (χ3v) is 3.17. The number of nitrogens with one attached hydrogen (secondary N) is 1. The summed E-state index contributed by atoms with van der Waals surface area (Å²) < 4.78 is 5.51. The van der Waals surface area contributed by atoms with Gasteiger partial charge in [0.25, 0.3) is 0 Å². The summed E-state index contributed by atoms with van der Waals surface area (Å²) >= 11 is 0. The molecule has 0 heterocycles. The number of hydrogen-bond acceptors (Lipinski definition) is 3. The summed E-state index contributed by atoms with van der Waals surface area (Å²) in [6.45, 7) is 6.74. The summed E-state index contributed by atoms with van der Waals surface area (Å²) in [6, 6.07) is 0.625. The first-order valence-corrected chi connectivity index (χ1v) is 6.29. The molecule has 1 aliphatic carbocycles. The maximum atomic E-state index is 5.77. The SMILES string of the molecule is CC(C)OCCNC1CCCCC1CN. The molecule has 0 aromatic heterocycles. The maximum absolute atomic E-state index is 5.77. The van der Waals surface area contributed by atoms with E-state index in [1.165, 1.54) is 25.7 Å². The molecule has 2 atom stereocenters. The van der Waals surface area contributed by atoms with Crippen LogP contribution in [0.2, 0.25) is 0 Å². The smallest absolute Gasteiger partial charge is 0.0594 e. The van der Waals surface area contributed by atoms with Crippen LogP contribution in [0.15, 0.2) is 0 Å². The van der Waals surface area contributed by atoms with Crippen molar-refractivity contribution >= 4 is 0 Å². The van der Waals surface area contributed by atoms with Crippen molar-refractivity contribution in [1.29, 1.82) is 0 Å². The van der Waals surface area contributed by atoms with Crippen LogP contribution >= 0.6 is 0 Å². The van der Waals surface area contributed by atoms with E-state index in [2.05, 4.69) is 19.2 Å². The molecule has 3 heteroatoms. The van der Waals surface area contributed by atoms with E-state index >= 15 is 0 Å². The van der Waals surface area contributed by atoms with Gasteiger partial charge in [-0.15, -0.1) is 0 Å². The summed E-state index contributed by atoms with van der Waals surface area (Å²) in [7, 11) is 0. The number of ether oxygens (including phenoxy) is 1. The molecule has 0 amide bonds. The van der Waals surface area contributed by atoms with Crippen molar-refractivity contribution in [3.63, 3.8) is 0 Å². The van der Waals surface area contributed by atoms with E-state index in [4.69, 9.17) is 10.5 Å². The van der Waals surface area contributed by atoms with E-state index < -0.39 is 0 Å². The van der Waals surface area contributed by atoms with Crippen LogP contribution in [0.25, 0.3) is 0 Å². The first-order valence-electron chi connectivity index (χ1n) is 6.29. The normalized spacial score (nSPS) is 27.2. The molecule has 0 aliphatic heterocycles. The van der Waals surface area contributed by atoms with Crippen molar-refractivity contribution in [2.24, 2.45) is 11.7 Å². The zero-order valence-corrected chi connectivity index (χ0v) is 10.2. The molecule has 90 valence electrons. The molecule has 0 aromatic carbocycles. The molecule has 0 radical (unpaired) electrons. The Morgan fingerprint density at radius 1 is 1.33 bits per heavy atom. The molecular formula is C12H26N2O. The van der Waals surface area contributed by atoms with Crippen molar-refractivity contribution in [3.05, 3.63) is 0 Å².